The topological polar surface area (TPSA) is 81.8 Å². The van der Waals surface area contributed by atoms with E-state index in [0.29, 0.717) is 6.61 Å². The Bertz CT molecular complexity index is 794. The highest BCUT2D eigenvalue weighted by atomic mass is 19.4. The van der Waals surface area contributed by atoms with Gasteiger partial charge in [-0.05, 0) is 12.1 Å². The second-order valence-electron chi connectivity index (χ2n) is 5.87. The molecule has 27 heavy (non-hydrogen) atoms. The Morgan fingerprint density at radius 2 is 2.11 bits per heavy atom. The number of nitrogens with zero attached hydrogens (tertiary/aromatic N) is 2. The summed E-state index contributed by atoms with van der Waals surface area (Å²) in [7, 11) is 0. The number of para-hydroxylation sites is 1. The largest absolute Gasteiger partial charge is 0.493 e. The van der Waals surface area contributed by atoms with E-state index in [-0.39, 0.29) is 31.0 Å². The molecule has 1 atom stereocenters. The lowest BCUT2D eigenvalue weighted by Crippen LogP contribution is -2.37. The van der Waals surface area contributed by atoms with E-state index in [9.17, 15) is 13.2 Å². The Balaban J connectivity index is 1.48. The molecule has 0 saturated carbocycles. The Hall–Kier alpha value is -2.97. The Morgan fingerprint density at radius 3 is 2.85 bits per heavy atom. The first-order valence-electron chi connectivity index (χ1n) is 8.38. The minimum atomic E-state index is -4.42. The number of alkyl halides is 3. The van der Waals surface area contributed by atoms with Crippen LogP contribution in [0.5, 0.6) is 11.6 Å². The number of nitrogens with one attached hydrogen (secondary N) is 1. The van der Waals surface area contributed by atoms with E-state index in [1.165, 1.54) is 6.07 Å². The summed E-state index contributed by atoms with van der Waals surface area (Å²) < 4.78 is 48.3. The van der Waals surface area contributed by atoms with Gasteiger partial charge in [0.2, 0.25) is 5.88 Å². The maximum atomic E-state index is 12.5. The number of fused-ring (bicyclic) bond motifs is 1. The predicted octanol–water partition coefficient (Wildman–Crippen LogP) is 2.91. The van der Waals surface area contributed by atoms with Crippen molar-refractivity contribution < 1.29 is 22.6 Å². The molecule has 1 aromatic heterocycles. The third kappa shape index (κ3) is 5.02. The molecule has 0 spiro atoms. The zero-order valence-corrected chi connectivity index (χ0v) is 14.4. The highest BCUT2D eigenvalue weighted by molar-refractivity contribution is 5.78. The van der Waals surface area contributed by atoms with Crippen molar-refractivity contribution >= 4 is 5.96 Å². The first-order chi connectivity index (χ1) is 12.9. The molecule has 2 aromatic rings. The molecule has 1 aliphatic heterocycles. The van der Waals surface area contributed by atoms with Gasteiger partial charge in [-0.2, -0.15) is 13.2 Å². The van der Waals surface area contributed by atoms with E-state index in [1.807, 2.05) is 24.3 Å². The quantitative estimate of drug-likeness (QED) is 0.474. The van der Waals surface area contributed by atoms with Crippen molar-refractivity contribution in [2.45, 2.75) is 18.6 Å². The molecule has 3 rings (SSSR count). The van der Waals surface area contributed by atoms with Gasteiger partial charge in [-0.1, -0.05) is 18.2 Å². The molecule has 0 radical (unpaired) electrons. The summed E-state index contributed by atoms with van der Waals surface area (Å²) >= 11 is 0. The molecule has 1 aliphatic rings. The number of ether oxygens (including phenoxy) is 2. The molecule has 1 unspecified atom stereocenters. The van der Waals surface area contributed by atoms with Gasteiger partial charge >= 0.3 is 6.18 Å². The zero-order valence-electron chi connectivity index (χ0n) is 14.4. The summed E-state index contributed by atoms with van der Waals surface area (Å²) in [5.41, 5.74) is 6.11. The lowest BCUT2D eigenvalue weighted by molar-refractivity contribution is -0.137. The van der Waals surface area contributed by atoms with Crippen molar-refractivity contribution in [3.63, 3.8) is 0 Å². The van der Waals surface area contributed by atoms with Crippen LogP contribution in [0, 0.1) is 0 Å². The molecule has 0 amide bonds. The number of hydrogen-bond acceptors (Lipinski definition) is 4. The number of nitrogens with two attached hydrogens (primary N) is 1. The second kappa shape index (κ2) is 8.15. The molecule has 2 heterocycles. The van der Waals surface area contributed by atoms with Crippen LogP contribution in [-0.4, -0.2) is 30.7 Å². The average molecular weight is 380 g/mol. The molecular formula is C18H19F3N4O2. The zero-order chi connectivity index (χ0) is 19.3. The van der Waals surface area contributed by atoms with Gasteiger partial charge in [0.05, 0.1) is 24.8 Å². The lowest BCUT2D eigenvalue weighted by Gasteiger charge is -2.26. The minimum Gasteiger partial charge on any atom is -0.493 e. The van der Waals surface area contributed by atoms with Crippen molar-refractivity contribution in [3.05, 3.63) is 53.7 Å². The monoisotopic (exact) mass is 380 g/mol. The molecule has 3 N–H and O–H groups in total. The molecule has 144 valence electrons. The van der Waals surface area contributed by atoms with Gasteiger partial charge in [0.15, 0.2) is 5.96 Å². The summed E-state index contributed by atoms with van der Waals surface area (Å²) in [6.45, 7) is 0.974. The van der Waals surface area contributed by atoms with Crippen LogP contribution in [0.3, 0.4) is 0 Å². The van der Waals surface area contributed by atoms with E-state index in [2.05, 4.69) is 15.3 Å². The highest BCUT2D eigenvalue weighted by Gasteiger charge is 2.30. The van der Waals surface area contributed by atoms with Crippen LogP contribution >= 0.6 is 0 Å². The van der Waals surface area contributed by atoms with Gasteiger partial charge in [0.1, 0.15) is 12.4 Å². The first-order valence-corrected chi connectivity index (χ1v) is 8.38. The van der Waals surface area contributed by atoms with Gasteiger partial charge < -0.3 is 20.5 Å². The molecular weight excluding hydrogens is 361 g/mol. The van der Waals surface area contributed by atoms with Crippen LogP contribution in [-0.2, 0) is 6.18 Å². The SMILES string of the molecule is NC(=NCCOc1ccc(C(F)(F)F)cn1)NC1CCOc2ccccc21. The summed E-state index contributed by atoms with van der Waals surface area (Å²) in [5, 5.41) is 3.15. The Labute approximate surface area is 154 Å². The van der Waals surface area contributed by atoms with Gasteiger partial charge in [0, 0.05) is 24.2 Å². The summed E-state index contributed by atoms with van der Waals surface area (Å²) in [6, 6.07) is 9.82. The third-order valence-corrected chi connectivity index (χ3v) is 3.97. The number of pyridine rings is 1. The van der Waals surface area contributed by atoms with Crippen molar-refractivity contribution in [1.82, 2.24) is 10.3 Å². The van der Waals surface area contributed by atoms with Gasteiger partial charge in [-0.15, -0.1) is 0 Å². The van der Waals surface area contributed by atoms with E-state index >= 15 is 0 Å². The van der Waals surface area contributed by atoms with E-state index in [4.69, 9.17) is 15.2 Å². The Morgan fingerprint density at radius 1 is 1.30 bits per heavy atom. The molecule has 0 fully saturated rings. The number of aliphatic imine (C=N–C) groups is 1. The fourth-order valence-electron chi connectivity index (χ4n) is 2.67. The maximum absolute atomic E-state index is 12.5. The number of aromatic nitrogens is 1. The van der Waals surface area contributed by atoms with Crippen molar-refractivity contribution in [3.8, 4) is 11.6 Å². The van der Waals surface area contributed by atoms with Crippen LogP contribution in [0.2, 0.25) is 0 Å². The summed E-state index contributed by atoms with van der Waals surface area (Å²) in [4.78, 5) is 7.80. The molecule has 6 nitrogen and oxygen atoms in total. The van der Waals surface area contributed by atoms with Crippen molar-refractivity contribution in [2.24, 2.45) is 10.7 Å². The maximum Gasteiger partial charge on any atom is 0.417 e. The standard InChI is InChI=1S/C18H19F3N4O2/c19-18(20,21)12-5-6-16(24-11-12)27-10-8-23-17(22)25-14-7-9-26-15-4-2-1-3-13(14)15/h1-6,11,14H,7-10H2,(H3,22,23,25). The average Bonchev–Trinajstić information content (AvgIpc) is 2.65. The van der Waals surface area contributed by atoms with Crippen LogP contribution in [0.4, 0.5) is 13.2 Å². The van der Waals surface area contributed by atoms with Gasteiger partial charge in [0.25, 0.3) is 0 Å². The number of rotatable bonds is 5. The predicted molar refractivity (Wildman–Crippen MR) is 93.7 cm³/mol. The first kappa shape index (κ1) is 18.8. The number of halogens is 3. The number of hydrogen-bond donors (Lipinski definition) is 2. The highest BCUT2D eigenvalue weighted by Crippen LogP contribution is 2.31. The number of benzene rings is 1. The Kier molecular flexibility index (Phi) is 5.68. The van der Waals surface area contributed by atoms with Crippen molar-refractivity contribution in [1.29, 1.82) is 0 Å². The lowest BCUT2D eigenvalue weighted by atomic mass is 10.0. The molecule has 0 aliphatic carbocycles. The van der Waals surface area contributed by atoms with Crippen LogP contribution in [0.15, 0.2) is 47.6 Å². The molecule has 0 bridgehead atoms. The smallest absolute Gasteiger partial charge is 0.417 e. The fourth-order valence-corrected chi connectivity index (χ4v) is 2.67. The minimum absolute atomic E-state index is 0.0104. The van der Waals surface area contributed by atoms with Gasteiger partial charge in [-0.3, -0.25) is 0 Å². The molecule has 0 saturated heterocycles. The second-order valence-corrected chi connectivity index (χ2v) is 5.87. The van der Waals surface area contributed by atoms with Crippen LogP contribution < -0.4 is 20.5 Å². The number of guanidine groups is 1. The third-order valence-electron chi connectivity index (χ3n) is 3.97. The summed E-state index contributed by atoms with van der Waals surface area (Å²) in [6.07, 6.45) is -2.92. The van der Waals surface area contributed by atoms with Crippen LogP contribution in [0.25, 0.3) is 0 Å². The van der Waals surface area contributed by atoms with Crippen molar-refractivity contribution in [2.75, 3.05) is 19.8 Å². The van der Waals surface area contributed by atoms with E-state index in [1.54, 1.807) is 0 Å². The molecule has 9 heteroatoms. The molecule has 1 aromatic carbocycles. The van der Waals surface area contributed by atoms with Crippen LogP contribution in [0.1, 0.15) is 23.6 Å². The fraction of sp³-hybridized carbons (Fsp3) is 0.333. The van der Waals surface area contributed by atoms with E-state index < -0.39 is 11.7 Å². The normalized spacial score (nSPS) is 17.0. The van der Waals surface area contributed by atoms with Gasteiger partial charge in [-0.25, -0.2) is 9.98 Å². The van der Waals surface area contributed by atoms with E-state index in [0.717, 1.165) is 30.0 Å². The summed E-state index contributed by atoms with van der Waals surface area (Å²) in [5.74, 6) is 1.19.